The fourth-order valence-electron chi connectivity index (χ4n) is 2.56. The first kappa shape index (κ1) is 11.8. The molecule has 1 aliphatic heterocycles. The van der Waals surface area contributed by atoms with E-state index in [4.69, 9.17) is 11.6 Å². The molecular formula is C14H16ClN3. The molecule has 18 heavy (non-hydrogen) atoms. The molecule has 3 nitrogen and oxygen atoms in total. The monoisotopic (exact) mass is 261 g/mol. The zero-order valence-electron chi connectivity index (χ0n) is 10.1. The van der Waals surface area contributed by atoms with Crippen molar-refractivity contribution in [2.75, 3.05) is 13.1 Å². The predicted molar refractivity (Wildman–Crippen MR) is 73.4 cm³/mol. The Kier molecular flexibility index (Phi) is 3.35. The van der Waals surface area contributed by atoms with Crippen molar-refractivity contribution in [3.63, 3.8) is 0 Å². The molecule has 0 saturated carbocycles. The first-order chi connectivity index (χ1) is 8.84. The summed E-state index contributed by atoms with van der Waals surface area (Å²) in [6, 6.07) is 9.98. The SMILES string of the molecule is Clc1cccc(-n2nccc2C2CCNCC2)c1. The third kappa shape index (κ3) is 2.28. The van der Waals surface area contributed by atoms with Gasteiger partial charge in [-0.25, -0.2) is 4.68 Å². The molecule has 0 amide bonds. The molecule has 3 rings (SSSR count). The molecule has 2 heterocycles. The summed E-state index contributed by atoms with van der Waals surface area (Å²) in [6.45, 7) is 2.18. The maximum atomic E-state index is 6.05. The molecule has 0 spiro atoms. The number of nitrogens with one attached hydrogen (secondary N) is 1. The van der Waals surface area contributed by atoms with Gasteiger partial charge in [0, 0.05) is 22.8 Å². The summed E-state index contributed by atoms with van der Waals surface area (Å²) < 4.78 is 2.02. The van der Waals surface area contributed by atoms with Gasteiger partial charge in [-0.2, -0.15) is 5.10 Å². The van der Waals surface area contributed by atoms with E-state index in [1.54, 1.807) is 0 Å². The van der Waals surface area contributed by atoms with E-state index in [1.165, 1.54) is 18.5 Å². The van der Waals surface area contributed by atoms with Gasteiger partial charge in [0.2, 0.25) is 0 Å². The van der Waals surface area contributed by atoms with Crippen LogP contribution in [0.25, 0.3) is 5.69 Å². The zero-order chi connectivity index (χ0) is 12.4. The Balaban J connectivity index is 1.95. The number of rotatable bonds is 2. The first-order valence-electron chi connectivity index (χ1n) is 6.35. The topological polar surface area (TPSA) is 29.9 Å². The van der Waals surface area contributed by atoms with Crippen LogP contribution in [-0.2, 0) is 0 Å². The van der Waals surface area contributed by atoms with Crippen molar-refractivity contribution in [2.45, 2.75) is 18.8 Å². The van der Waals surface area contributed by atoms with E-state index in [-0.39, 0.29) is 0 Å². The van der Waals surface area contributed by atoms with E-state index >= 15 is 0 Å². The molecule has 1 N–H and O–H groups in total. The highest BCUT2D eigenvalue weighted by molar-refractivity contribution is 6.30. The predicted octanol–water partition coefficient (Wildman–Crippen LogP) is 2.99. The fourth-order valence-corrected chi connectivity index (χ4v) is 2.75. The third-order valence-electron chi connectivity index (χ3n) is 3.48. The molecule has 0 aliphatic carbocycles. The summed E-state index contributed by atoms with van der Waals surface area (Å²) in [5.41, 5.74) is 2.33. The lowest BCUT2D eigenvalue weighted by Crippen LogP contribution is -2.27. The van der Waals surface area contributed by atoms with Crippen molar-refractivity contribution in [3.05, 3.63) is 47.2 Å². The Hall–Kier alpha value is -1.32. The normalized spacial score (nSPS) is 16.9. The Labute approximate surface area is 112 Å². The van der Waals surface area contributed by atoms with Gasteiger partial charge in [-0.15, -0.1) is 0 Å². The van der Waals surface area contributed by atoms with Gasteiger partial charge in [-0.3, -0.25) is 0 Å². The number of nitrogens with zero attached hydrogens (tertiary/aromatic N) is 2. The molecule has 0 unspecified atom stereocenters. The summed E-state index contributed by atoms with van der Waals surface area (Å²) in [5.74, 6) is 0.590. The van der Waals surface area contributed by atoms with Crippen LogP contribution >= 0.6 is 11.6 Å². The van der Waals surface area contributed by atoms with Gasteiger partial charge < -0.3 is 5.32 Å². The minimum atomic E-state index is 0.590. The lowest BCUT2D eigenvalue weighted by atomic mass is 9.94. The first-order valence-corrected chi connectivity index (χ1v) is 6.73. The van der Waals surface area contributed by atoms with E-state index in [0.29, 0.717) is 5.92 Å². The molecule has 94 valence electrons. The Bertz CT molecular complexity index is 529. The second-order valence-electron chi connectivity index (χ2n) is 4.67. The minimum Gasteiger partial charge on any atom is -0.317 e. The molecular weight excluding hydrogens is 246 g/mol. The summed E-state index contributed by atoms with van der Waals surface area (Å²) in [4.78, 5) is 0. The van der Waals surface area contributed by atoms with Crippen LogP contribution in [0.3, 0.4) is 0 Å². The van der Waals surface area contributed by atoms with E-state index in [1.807, 2.05) is 35.1 Å². The van der Waals surface area contributed by atoms with Gasteiger partial charge in [0.25, 0.3) is 0 Å². The Morgan fingerprint density at radius 3 is 2.83 bits per heavy atom. The number of halogens is 1. The molecule has 1 saturated heterocycles. The van der Waals surface area contributed by atoms with Crippen molar-refractivity contribution < 1.29 is 0 Å². The Morgan fingerprint density at radius 2 is 2.06 bits per heavy atom. The maximum absolute atomic E-state index is 6.05. The zero-order valence-corrected chi connectivity index (χ0v) is 10.9. The average Bonchev–Trinajstić information content (AvgIpc) is 2.89. The molecule has 1 aromatic heterocycles. The van der Waals surface area contributed by atoms with Gasteiger partial charge in [0.1, 0.15) is 0 Å². The van der Waals surface area contributed by atoms with Crippen molar-refractivity contribution in [3.8, 4) is 5.69 Å². The summed E-state index contributed by atoms with van der Waals surface area (Å²) in [6.07, 6.45) is 4.22. The number of hydrogen-bond acceptors (Lipinski definition) is 2. The standard InChI is InChI=1S/C14H16ClN3/c15-12-2-1-3-13(10-12)18-14(6-9-17-18)11-4-7-16-8-5-11/h1-3,6,9-11,16H,4-5,7-8H2. The average molecular weight is 262 g/mol. The van der Waals surface area contributed by atoms with Crippen LogP contribution in [0.2, 0.25) is 5.02 Å². The van der Waals surface area contributed by atoms with E-state index < -0.39 is 0 Å². The highest BCUT2D eigenvalue weighted by Crippen LogP contribution is 2.27. The molecule has 0 atom stereocenters. The lowest BCUT2D eigenvalue weighted by Gasteiger charge is -2.23. The largest absolute Gasteiger partial charge is 0.317 e. The third-order valence-corrected chi connectivity index (χ3v) is 3.72. The van der Waals surface area contributed by atoms with Crippen molar-refractivity contribution in [1.82, 2.24) is 15.1 Å². The molecule has 0 bridgehead atoms. The van der Waals surface area contributed by atoms with Crippen LogP contribution in [-0.4, -0.2) is 22.9 Å². The molecule has 4 heteroatoms. The molecule has 0 radical (unpaired) electrons. The molecule has 2 aromatic rings. The van der Waals surface area contributed by atoms with Crippen LogP contribution in [0.5, 0.6) is 0 Å². The molecule has 1 aromatic carbocycles. The van der Waals surface area contributed by atoms with E-state index in [2.05, 4.69) is 16.5 Å². The summed E-state index contributed by atoms with van der Waals surface area (Å²) in [7, 11) is 0. The smallest absolute Gasteiger partial charge is 0.0663 e. The Morgan fingerprint density at radius 1 is 1.22 bits per heavy atom. The highest BCUT2D eigenvalue weighted by atomic mass is 35.5. The number of hydrogen-bond donors (Lipinski definition) is 1. The van der Waals surface area contributed by atoms with Gasteiger partial charge in [0.15, 0.2) is 0 Å². The van der Waals surface area contributed by atoms with Crippen LogP contribution in [0, 0.1) is 0 Å². The second kappa shape index (κ2) is 5.12. The minimum absolute atomic E-state index is 0.590. The van der Waals surface area contributed by atoms with Gasteiger partial charge in [-0.1, -0.05) is 17.7 Å². The van der Waals surface area contributed by atoms with Gasteiger partial charge in [-0.05, 0) is 50.2 Å². The molecule has 1 fully saturated rings. The van der Waals surface area contributed by atoms with Crippen LogP contribution in [0.1, 0.15) is 24.5 Å². The number of piperidine rings is 1. The van der Waals surface area contributed by atoms with Crippen LogP contribution in [0.15, 0.2) is 36.5 Å². The molecule has 1 aliphatic rings. The van der Waals surface area contributed by atoms with Crippen molar-refractivity contribution >= 4 is 11.6 Å². The second-order valence-corrected chi connectivity index (χ2v) is 5.11. The highest BCUT2D eigenvalue weighted by Gasteiger charge is 2.19. The number of benzene rings is 1. The van der Waals surface area contributed by atoms with Crippen molar-refractivity contribution in [2.24, 2.45) is 0 Å². The lowest BCUT2D eigenvalue weighted by molar-refractivity contribution is 0.446. The fraction of sp³-hybridized carbons (Fsp3) is 0.357. The summed E-state index contributed by atoms with van der Waals surface area (Å²) in [5, 5.41) is 8.58. The van der Waals surface area contributed by atoms with Crippen LogP contribution < -0.4 is 5.32 Å². The maximum Gasteiger partial charge on any atom is 0.0663 e. The van der Waals surface area contributed by atoms with Gasteiger partial charge in [0.05, 0.1) is 5.69 Å². The van der Waals surface area contributed by atoms with E-state index in [0.717, 1.165) is 23.8 Å². The van der Waals surface area contributed by atoms with Crippen molar-refractivity contribution in [1.29, 1.82) is 0 Å². The summed E-state index contributed by atoms with van der Waals surface area (Å²) >= 11 is 6.05. The van der Waals surface area contributed by atoms with Gasteiger partial charge >= 0.3 is 0 Å². The number of aromatic nitrogens is 2. The quantitative estimate of drug-likeness (QED) is 0.901. The van der Waals surface area contributed by atoms with E-state index in [9.17, 15) is 0 Å². The van der Waals surface area contributed by atoms with Crippen LogP contribution in [0.4, 0.5) is 0 Å².